The number of rotatable bonds is 4. The third-order valence-electron chi connectivity index (χ3n) is 3.40. The molecule has 0 saturated carbocycles. The van der Waals surface area contributed by atoms with E-state index >= 15 is 0 Å². The smallest absolute Gasteiger partial charge is 0.263 e. The second-order valence-corrected chi connectivity index (χ2v) is 4.77. The molecule has 1 aromatic heterocycles. The first-order valence-electron chi connectivity index (χ1n) is 6.75. The van der Waals surface area contributed by atoms with Gasteiger partial charge in [-0.3, -0.25) is 9.63 Å². The van der Waals surface area contributed by atoms with Crippen LogP contribution in [0.4, 0.5) is 0 Å². The third kappa shape index (κ3) is 2.66. The van der Waals surface area contributed by atoms with E-state index < -0.39 is 0 Å². The molecule has 0 aliphatic rings. The van der Waals surface area contributed by atoms with Crippen LogP contribution >= 0.6 is 0 Å². The topological polar surface area (TPSA) is 43.3 Å². The van der Waals surface area contributed by atoms with Crippen LogP contribution in [0.15, 0.2) is 60.7 Å². The molecule has 3 rings (SSSR count). The number of benzene rings is 2. The van der Waals surface area contributed by atoms with Crippen molar-refractivity contribution in [2.24, 2.45) is 0 Å². The van der Waals surface area contributed by atoms with E-state index in [-0.39, 0.29) is 12.5 Å². The molecule has 1 amide bonds. The Labute approximate surface area is 122 Å². The molecule has 106 valence electrons. The van der Waals surface area contributed by atoms with Gasteiger partial charge in [0.2, 0.25) is 0 Å². The second kappa shape index (κ2) is 5.81. The number of aromatic nitrogens is 1. The number of carbonyl (C=O) groups excluding carboxylic acids is 1. The van der Waals surface area contributed by atoms with Gasteiger partial charge in [0.05, 0.1) is 7.11 Å². The van der Waals surface area contributed by atoms with Crippen LogP contribution in [-0.4, -0.2) is 17.6 Å². The van der Waals surface area contributed by atoms with Crippen LogP contribution in [0.1, 0.15) is 0 Å². The summed E-state index contributed by atoms with van der Waals surface area (Å²) in [6.07, 6.45) is 0. The second-order valence-electron chi connectivity index (χ2n) is 4.77. The highest BCUT2D eigenvalue weighted by atomic mass is 16.6. The first kappa shape index (κ1) is 13.4. The van der Waals surface area contributed by atoms with Gasteiger partial charge in [0, 0.05) is 16.6 Å². The van der Waals surface area contributed by atoms with E-state index in [2.05, 4.69) is 11.5 Å². The van der Waals surface area contributed by atoms with Crippen molar-refractivity contribution < 1.29 is 9.63 Å². The Bertz CT molecular complexity index is 763. The molecular weight excluding hydrogens is 264 g/mol. The summed E-state index contributed by atoms with van der Waals surface area (Å²) in [7, 11) is 1.43. The van der Waals surface area contributed by atoms with E-state index in [9.17, 15) is 4.79 Å². The van der Waals surface area contributed by atoms with Crippen LogP contribution in [0.3, 0.4) is 0 Å². The van der Waals surface area contributed by atoms with Crippen LogP contribution in [-0.2, 0) is 16.2 Å². The lowest BCUT2D eigenvalue weighted by atomic mass is 10.1. The minimum atomic E-state index is -0.184. The number of amides is 1. The fourth-order valence-corrected chi connectivity index (χ4v) is 2.52. The van der Waals surface area contributed by atoms with Gasteiger partial charge in [-0.1, -0.05) is 48.5 Å². The van der Waals surface area contributed by atoms with Crippen molar-refractivity contribution in [2.75, 3.05) is 7.11 Å². The van der Waals surface area contributed by atoms with Gasteiger partial charge in [0.15, 0.2) is 0 Å². The lowest BCUT2D eigenvalue weighted by Crippen LogP contribution is -2.26. The summed E-state index contributed by atoms with van der Waals surface area (Å²) < 4.78 is 2.00. The van der Waals surface area contributed by atoms with E-state index in [0.29, 0.717) is 0 Å². The molecule has 0 bridgehead atoms. The van der Waals surface area contributed by atoms with E-state index in [1.54, 1.807) is 0 Å². The maximum atomic E-state index is 11.9. The summed E-state index contributed by atoms with van der Waals surface area (Å²) in [6.45, 7) is 0.214. The minimum Gasteiger partial charge on any atom is -0.331 e. The van der Waals surface area contributed by atoms with Crippen molar-refractivity contribution in [2.45, 2.75) is 6.54 Å². The largest absolute Gasteiger partial charge is 0.331 e. The van der Waals surface area contributed by atoms with Crippen molar-refractivity contribution in [1.29, 1.82) is 0 Å². The summed E-state index contributed by atoms with van der Waals surface area (Å²) in [6, 6.07) is 20.2. The Morgan fingerprint density at radius 1 is 1.10 bits per heavy atom. The third-order valence-corrected chi connectivity index (χ3v) is 3.40. The Morgan fingerprint density at radius 2 is 1.81 bits per heavy atom. The van der Waals surface area contributed by atoms with Crippen LogP contribution in [0, 0.1) is 0 Å². The highest BCUT2D eigenvalue weighted by Gasteiger charge is 2.13. The number of hydrogen-bond acceptors (Lipinski definition) is 2. The highest BCUT2D eigenvalue weighted by molar-refractivity contribution is 5.89. The van der Waals surface area contributed by atoms with Crippen LogP contribution in [0.5, 0.6) is 0 Å². The molecule has 4 heteroatoms. The van der Waals surface area contributed by atoms with E-state index in [0.717, 1.165) is 22.2 Å². The number of nitrogens with zero attached hydrogens (tertiary/aromatic N) is 1. The molecule has 0 atom stereocenters. The van der Waals surface area contributed by atoms with Crippen LogP contribution in [0.25, 0.3) is 22.2 Å². The van der Waals surface area contributed by atoms with Crippen molar-refractivity contribution in [3.05, 3.63) is 60.7 Å². The zero-order valence-corrected chi connectivity index (χ0v) is 11.7. The highest BCUT2D eigenvalue weighted by Crippen LogP contribution is 2.28. The van der Waals surface area contributed by atoms with Crippen LogP contribution in [0.2, 0.25) is 0 Å². The molecule has 1 heterocycles. The summed E-state index contributed by atoms with van der Waals surface area (Å²) in [5, 5.41) is 1.11. The number of carbonyl (C=O) groups is 1. The molecular formula is C17H16N2O2. The van der Waals surface area contributed by atoms with Gasteiger partial charge >= 0.3 is 0 Å². The van der Waals surface area contributed by atoms with Crippen molar-refractivity contribution in [3.8, 4) is 11.3 Å². The monoisotopic (exact) mass is 280 g/mol. The molecule has 2 aromatic carbocycles. The first-order chi connectivity index (χ1) is 10.3. The minimum absolute atomic E-state index is 0.184. The SMILES string of the molecule is CONC(=O)Cn1c(-c2ccccc2)cc2ccccc21. The van der Waals surface area contributed by atoms with Crippen molar-refractivity contribution in [1.82, 2.24) is 10.0 Å². The number of para-hydroxylation sites is 1. The Morgan fingerprint density at radius 3 is 2.57 bits per heavy atom. The fraction of sp³-hybridized carbons (Fsp3) is 0.118. The lowest BCUT2D eigenvalue weighted by Gasteiger charge is -2.10. The Kier molecular flexibility index (Phi) is 3.71. The fourth-order valence-electron chi connectivity index (χ4n) is 2.52. The predicted octanol–water partition coefficient (Wildman–Crippen LogP) is 2.99. The predicted molar refractivity (Wildman–Crippen MR) is 82.5 cm³/mol. The Balaban J connectivity index is 2.12. The molecule has 3 aromatic rings. The van der Waals surface area contributed by atoms with E-state index in [4.69, 9.17) is 4.84 Å². The van der Waals surface area contributed by atoms with Gasteiger partial charge in [-0.2, -0.15) is 0 Å². The maximum absolute atomic E-state index is 11.9. The summed E-state index contributed by atoms with van der Waals surface area (Å²) in [5.74, 6) is -0.184. The molecule has 4 nitrogen and oxygen atoms in total. The van der Waals surface area contributed by atoms with Gasteiger partial charge in [-0.05, 0) is 17.7 Å². The molecule has 0 fully saturated rings. The van der Waals surface area contributed by atoms with Gasteiger partial charge in [-0.25, -0.2) is 5.48 Å². The summed E-state index contributed by atoms with van der Waals surface area (Å²) in [4.78, 5) is 16.6. The van der Waals surface area contributed by atoms with Crippen molar-refractivity contribution in [3.63, 3.8) is 0 Å². The average Bonchev–Trinajstić information content (AvgIpc) is 2.87. The summed E-state index contributed by atoms with van der Waals surface area (Å²) >= 11 is 0. The molecule has 0 aliphatic heterocycles. The molecule has 0 unspecified atom stereocenters. The molecule has 0 saturated heterocycles. The van der Waals surface area contributed by atoms with Gasteiger partial charge in [0.25, 0.3) is 5.91 Å². The quantitative estimate of drug-likeness (QED) is 0.747. The first-order valence-corrected chi connectivity index (χ1v) is 6.75. The maximum Gasteiger partial charge on any atom is 0.263 e. The zero-order chi connectivity index (χ0) is 14.7. The van der Waals surface area contributed by atoms with Crippen LogP contribution < -0.4 is 5.48 Å². The lowest BCUT2D eigenvalue weighted by molar-refractivity contribution is -0.131. The van der Waals surface area contributed by atoms with Crippen molar-refractivity contribution >= 4 is 16.8 Å². The standard InChI is InChI=1S/C17H16N2O2/c1-21-18-17(20)12-19-15-10-6-5-9-14(15)11-16(19)13-7-3-2-4-8-13/h2-11H,12H2,1H3,(H,18,20). The van der Waals surface area contributed by atoms with Gasteiger partial charge in [0.1, 0.15) is 6.54 Å². The number of fused-ring (bicyclic) bond motifs is 1. The molecule has 0 aliphatic carbocycles. The molecule has 21 heavy (non-hydrogen) atoms. The Hall–Kier alpha value is -2.59. The number of hydrogen-bond donors (Lipinski definition) is 1. The summed E-state index contributed by atoms with van der Waals surface area (Å²) in [5.41, 5.74) is 5.50. The normalized spacial score (nSPS) is 10.7. The molecule has 0 spiro atoms. The zero-order valence-electron chi connectivity index (χ0n) is 11.7. The molecule has 1 N–H and O–H groups in total. The van der Waals surface area contributed by atoms with Gasteiger partial charge in [-0.15, -0.1) is 0 Å². The number of nitrogens with one attached hydrogen (secondary N) is 1. The van der Waals surface area contributed by atoms with E-state index in [1.165, 1.54) is 7.11 Å². The number of hydroxylamine groups is 1. The molecule has 0 radical (unpaired) electrons. The van der Waals surface area contributed by atoms with E-state index in [1.807, 2.05) is 59.2 Å². The average molecular weight is 280 g/mol. The van der Waals surface area contributed by atoms with Gasteiger partial charge < -0.3 is 4.57 Å².